The van der Waals surface area contributed by atoms with Gasteiger partial charge in [0.1, 0.15) is 28.7 Å². The van der Waals surface area contributed by atoms with Crippen molar-refractivity contribution < 1.29 is 29.6 Å². The van der Waals surface area contributed by atoms with Gasteiger partial charge in [-0.2, -0.15) is 0 Å². The standard InChI is InChI=1S/C20H12O5.C10H8O.2C3H8.2C2H6/c21-11-5-7-15-17(9-11)24-18-10-12(22)6-8-16(18)20(15)14-4-2-1-3-13(14)19(23)25-20;11-10-7-3-5-8-4-1-2-6-9(8)10;2*1-3-2;2*1-2/h1-10,21-22H;1-7,11H;2*3H2,1-2H3;2*1-2H3. The minimum Gasteiger partial charge on any atom is -0.508 e. The van der Waals surface area contributed by atoms with Crippen LogP contribution >= 0.6 is 0 Å². The first-order valence-electron chi connectivity index (χ1n) is 16.1. The van der Waals surface area contributed by atoms with Gasteiger partial charge in [0.2, 0.25) is 0 Å². The molecule has 0 atom stereocenters. The predicted octanol–water partition coefficient (Wildman–Crippen LogP) is 11.1. The highest BCUT2D eigenvalue weighted by Crippen LogP contribution is 2.56. The number of ether oxygens (including phenoxy) is 2. The lowest BCUT2D eigenvalue weighted by Gasteiger charge is -2.36. The maximum Gasteiger partial charge on any atom is 0.340 e. The number of hydrogen-bond donors (Lipinski definition) is 3. The summed E-state index contributed by atoms with van der Waals surface area (Å²) in [7, 11) is 0. The molecule has 0 amide bonds. The lowest BCUT2D eigenvalue weighted by atomic mass is 9.77. The number of phenols is 3. The number of benzene rings is 5. The lowest BCUT2D eigenvalue weighted by Crippen LogP contribution is -2.32. The molecule has 2 aliphatic heterocycles. The van der Waals surface area contributed by atoms with Gasteiger partial charge in [-0.1, -0.05) is 123 Å². The monoisotopic (exact) mass is 624 g/mol. The van der Waals surface area contributed by atoms with Gasteiger partial charge in [-0.05, 0) is 41.8 Å². The number of rotatable bonds is 0. The first kappa shape index (κ1) is 37.2. The summed E-state index contributed by atoms with van der Waals surface area (Å²) in [6.07, 6.45) is 2.50. The normalized spacial score (nSPS) is 12.0. The molecule has 0 saturated heterocycles. The Hall–Kier alpha value is -4.97. The molecule has 7 rings (SSSR count). The van der Waals surface area contributed by atoms with Gasteiger partial charge in [0.15, 0.2) is 5.60 Å². The fourth-order valence-electron chi connectivity index (χ4n) is 4.86. The minimum absolute atomic E-state index is 0.0371. The van der Waals surface area contributed by atoms with Crippen molar-refractivity contribution in [1.29, 1.82) is 0 Å². The van der Waals surface area contributed by atoms with Crippen molar-refractivity contribution >= 4 is 16.7 Å². The van der Waals surface area contributed by atoms with Gasteiger partial charge in [-0.25, -0.2) is 4.79 Å². The Morgan fingerprint density at radius 2 is 1.07 bits per heavy atom. The number of esters is 1. The van der Waals surface area contributed by atoms with E-state index in [1.54, 1.807) is 30.3 Å². The Morgan fingerprint density at radius 1 is 0.587 bits per heavy atom. The van der Waals surface area contributed by atoms with Gasteiger partial charge in [0, 0.05) is 34.2 Å². The summed E-state index contributed by atoms with van der Waals surface area (Å²) in [5.74, 6) is 0.758. The molecule has 0 bridgehead atoms. The number of aromatic hydroxyl groups is 3. The van der Waals surface area contributed by atoms with Gasteiger partial charge >= 0.3 is 5.97 Å². The van der Waals surface area contributed by atoms with Crippen molar-refractivity contribution in [1.82, 2.24) is 0 Å². The molecule has 3 N–H and O–H groups in total. The molecule has 0 aromatic heterocycles. The van der Waals surface area contributed by atoms with E-state index in [-0.39, 0.29) is 11.5 Å². The summed E-state index contributed by atoms with van der Waals surface area (Å²) < 4.78 is 11.8. The maximum absolute atomic E-state index is 12.5. The number of hydrogen-bond acceptors (Lipinski definition) is 6. The molecule has 244 valence electrons. The summed E-state index contributed by atoms with van der Waals surface area (Å²) in [6.45, 7) is 16.5. The summed E-state index contributed by atoms with van der Waals surface area (Å²) in [6, 6.07) is 29.9. The zero-order valence-corrected chi connectivity index (χ0v) is 28.3. The Morgan fingerprint density at radius 3 is 1.61 bits per heavy atom. The van der Waals surface area contributed by atoms with E-state index in [4.69, 9.17) is 9.47 Å². The molecule has 46 heavy (non-hydrogen) atoms. The third-order valence-corrected chi connectivity index (χ3v) is 6.45. The summed E-state index contributed by atoms with van der Waals surface area (Å²) in [5, 5.41) is 31.0. The maximum atomic E-state index is 12.5. The molecule has 5 aromatic rings. The van der Waals surface area contributed by atoms with Crippen molar-refractivity contribution in [2.45, 2.75) is 73.8 Å². The van der Waals surface area contributed by atoms with Crippen molar-refractivity contribution in [3.63, 3.8) is 0 Å². The quantitative estimate of drug-likeness (QED) is 0.148. The second kappa shape index (κ2) is 18.1. The van der Waals surface area contributed by atoms with Crippen LogP contribution in [0.5, 0.6) is 28.7 Å². The molecule has 6 heteroatoms. The average molecular weight is 625 g/mol. The van der Waals surface area contributed by atoms with Gasteiger partial charge in [-0.15, -0.1) is 0 Å². The molecule has 5 aromatic carbocycles. The largest absolute Gasteiger partial charge is 0.508 e. The molecule has 0 fully saturated rings. The van der Waals surface area contributed by atoms with Crippen molar-refractivity contribution in [3.8, 4) is 28.7 Å². The molecule has 0 aliphatic carbocycles. The first-order valence-corrected chi connectivity index (χ1v) is 16.1. The van der Waals surface area contributed by atoms with Crippen LogP contribution in [0.3, 0.4) is 0 Å². The Labute approximate surface area is 273 Å². The Bertz CT molecular complexity index is 1630. The summed E-state index contributed by atoms with van der Waals surface area (Å²) in [5.41, 5.74) is 1.28. The van der Waals surface area contributed by atoms with Crippen molar-refractivity contribution in [3.05, 3.63) is 125 Å². The first-order chi connectivity index (χ1) is 22.3. The number of fused-ring (bicyclic) bond motifs is 7. The van der Waals surface area contributed by atoms with Crippen molar-refractivity contribution in [2.24, 2.45) is 0 Å². The Balaban J connectivity index is 0.000000292. The van der Waals surface area contributed by atoms with Crippen LogP contribution in [0, 0.1) is 0 Å². The minimum atomic E-state index is -1.17. The van der Waals surface area contributed by atoms with E-state index >= 15 is 0 Å². The number of carbonyl (C=O) groups is 1. The Kier molecular flexibility index (Phi) is 14.7. The van der Waals surface area contributed by atoms with E-state index in [0.717, 1.165) is 10.8 Å². The number of phenolic OH excluding ortho intramolecular Hbond substituents is 3. The fourth-order valence-corrected chi connectivity index (χ4v) is 4.86. The van der Waals surface area contributed by atoms with Crippen LogP contribution in [0.4, 0.5) is 0 Å². The molecule has 6 nitrogen and oxygen atoms in total. The molecular formula is C40H48O6. The van der Waals surface area contributed by atoms with Crippen LogP contribution in [0.15, 0.2) is 103 Å². The third kappa shape index (κ3) is 7.99. The molecule has 2 heterocycles. The zero-order valence-electron chi connectivity index (χ0n) is 28.3. The van der Waals surface area contributed by atoms with Crippen molar-refractivity contribution in [2.75, 3.05) is 0 Å². The van der Waals surface area contributed by atoms with Crippen LogP contribution in [-0.4, -0.2) is 21.3 Å². The van der Waals surface area contributed by atoms with E-state index < -0.39 is 11.6 Å². The fraction of sp³-hybridized carbons (Fsp3) is 0.275. The molecule has 0 unspecified atom stereocenters. The number of carbonyl (C=O) groups excluding carboxylic acids is 1. The molecule has 0 saturated carbocycles. The van der Waals surface area contributed by atoms with E-state index in [9.17, 15) is 20.1 Å². The SMILES string of the molecule is CC.CC.CCC.CCC.O=C1OC2(c3ccc(O)cc3Oc3cc(O)ccc32)c2ccccc21.Oc1cccc2ccccc12. The van der Waals surface area contributed by atoms with Gasteiger partial charge in [-0.3, -0.25) is 0 Å². The van der Waals surface area contributed by atoms with E-state index in [1.807, 2.05) is 76.2 Å². The highest BCUT2D eigenvalue weighted by molar-refractivity contribution is 5.97. The van der Waals surface area contributed by atoms with Gasteiger partial charge < -0.3 is 24.8 Å². The summed E-state index contributed by atoms with van der Waals surface area (Å²) in [4.78, 5) is 12.5. The lowest BCUT2D eigenvalue weighted by molar-refractivity contribution is 0.0224. The summed E-state index contributed by atoms with van der Waals surface area (Å²) >= 11 is 0. The highest BCUT2D eigenvalue weighted by atomic mass is 16.6. The second-order valence-electron chi connectivity index (χ2n) is 9.99. The van der Waals surface area contributed by atoms with Crippen LogP contribution in [0.1, 0.15) is 95.3 Å². The predicted molar refractivity (Wildman–Crippen MR) is 188 cm³/mol. The topological polar surface area (TPSA) is 96.2 Å². The van der Waals surface area contributed by atoms with Crippen LogP contribution < -0.4 is 4.74 Å². The zero-order chi connectivity index (χ0) is 34.3. The van der Waals surface area contributed by atoms with E-state index in [0.29, 0.717) is 39.5 Å². The smallest absolute Gasteiger partial charge is 0.340 e. The molecule has 1 spiro atoms. The molecule has 2 aliphatic rings. The molecule has 0 radical (unpaired) electrons. The molecular weight excluding hydrogens is 576 g/mol. The second-order valence-corrected chi connectivity index (χ2v) is 9.99. The van der Waals surface area contributed by atoms with Crippen LogP contribution in [0.25, 0.3) is 10.8 Å². The highest BCUT2D eigenvalue weighted by Gasteiger charge is 2.53. The van der Waals surface area contributed by atoms with Gasteiger partial charge in [0.05, 0.1) is 5.56 Å². The van der Waals surface area contributed by atoms with Crippen LogP contribution in [0.2, 0.25) is 0 Å². The van der Waals surface area contributed by atoms with Gasteiger partial charge in [0.25, 0.3) is 0 Å². The van der Waals surface area contributed by atoms with E-state index in [1.165, 1.54) is 37.1 Å². The average Bonchev–Trinajstić information content (AvgIpc) is 3.36. The van der Waals surface area contributed by atoms with Crippen LogP contribution in [-0.2, 0) is 10.3 Å². The van der Waals surface area contributed by atoms with E-state index in [2.05, 4.69) is 27.7 Å². The third-order valence-electron chi connectivity index (χ3n) is 6.45.